The molecule has 45 heavy (non-hydrogen) atoms. The summed E-state index contributed by atoms with van der Waals surface area (Å²) < 4.78 is 5.74. The van der Waals surface area contributed by atoms with Gasteiger partial charge in [-0.15, -0.1) is 0 Å². The molecule has 5 rings (SSSR count). The van der Waals surface area contributed by atoms with Gasteiger partial charge in [-0.25, -0.2) is 19.7 Å². The molecule has 0 spiro atoms. The van der Waals surface area contributed by atoms with Gasteiger partial charge in [-0.1, -0.05) is 43.0 Å². The summed E-state index contributed by atoms with van der Waals surface area (Å²) in [6, 6.07) is 24.6. The van der Waals surface area contributed by atoms with Crippen LogP contribution in [0.1, 0.15) is 5.56 Å². The van der Waals surface area contributed by atoms with E-state index in [4.69, 9.17) is 4.74 Å². The number of hydrogen-bond acceptors (Lipinski definition) is 9. The molecule has 2 heterocycles. The monoisotopic (exact) mass is 608 g/mol. The molecule has 1 aliphatic heterocycles. The predicted molar refractivity (Wildman–Crippen MR) is 180 cm³/mol. The zero-order chi connectivity index (χ0) is 31.6. The van der Waals surface area contributed by atoms with E-state index in [2.05, 4.69) is 55.4 Å². The zero-order valence-corrected chi connectivity index (χ0v) is 25.7. The van der Waals surface area contributed by atoms with Gasteiger partial charge in [0.15, 0.2) is 0 Å². The molecule has 11 nitrogen and oxygen atoms in total. The minimum absolute atomic E-state index is 0.355. The highest BCUT2D eigenvalue weighted by Gasteiger charge is 2.21. The Morgan fingerprint density at radius 3 is 2.60 bits per heavy atom. The molecule has 2 amide bonds. The van der Waals surface area contributed by atoms with Crippen molar-refractivity contribution < 1.29 is 14.6 Å². The lowest BCUT2D eigenvalue weighted by Crippen LogP contribution is -2.44. The lowest BCUT2D eigenvalue weighted by molar-refractivity contribution is 0.248. The molecule has 234 valence electrons. The van der Waals surface area contributed by atoms with Gasteiger partial charge < -0.3 is 35.6 Å². The average molecular weight is 609 g/mol. The van der Waals surface area contributed by atoms with Crippen LogP contribution >= 0.6 is 0 Å². The first-order chi connectivity index (χ1) is 21.9. The summed E-state index contributed by atoms with van der Waals surface area (Å²) in [6.45, 7) is 7.97. The molecule has 1 aliphatic rings. The minimum atomic E-state index is -0.944. The van der Waals surface area contributed by atoms with Crippen molar-refractivity contribution in [1.29, 1.82) is 0 Å². The number of aliphatic hydroxyl groups excluding tert-OH is 1. The summed E-state index contributed by atoms with van der Waals surface area (Å²) in [7, 11) is 3.78. The van der Waals surface area contributed by atoms with Crippen molar-refractivity contribution >= 4 is 40.4 Å². The van der Waals surface area contributed by atoms with Crippen molar-refractivity contribution in [2.45, 2.75) is 12.6 Å². The van der Waals surface area contributed by atoms with E-state index in [-0.39, 0.29) is 6.03 Å². The second kappa shape index (κ2) is 15.0. The molecule has 1 unspecified atom stereocenters. The molecule has 1 saturated heterocycles. The Bertz CT molecular complexity index is 1580. The standard InChI is InChI=1S/C34H40N8O3/c1-4-33(43)38-26-11-8-12-28(21-26)42(34(44)35-16-15-25-9-6-5-7-10-25)32-23-31(36-24-37-32)39-29-14-13-27(22-30(29)45-3)41-19-17-40(2)18-20-41/h4-14,21-24,33,38,43H,1,15-20H2,2-3H3,(H,35,44)(H,36,37,39). The number of aliphatic hydroxyl groups is 1. The number of nitrogens with zero attached hydrogens (tertiary/aromatic N) is 5. The van der Waals surface area contributed by atoms with E-state index in [0.29, 0.717) is 41.7 Å². The number of aromatic nitrogens is 2. The Labute approximate surface area is 264 Å². The van der Waals surface area contributed by atoms with E-state index >= 15 is 0 Å². The van der Waals surface area contributed by atoms with Crippen LogP contribution in [-0.4, -0.2) is 79.1 Å². The number of rotatable bonds is 12. The predicted octanol–water partition coefficient (Wildman–Crippen LogP) is 4.99. The van der Waals surface area contributed by atoms with Crippen molar-refractivity contribution in [3.63, 3.8) is 0 Å². The number of hydrogen-bond donors (Lipinski definition) is 4. The molecular weight excluding hydrogens is 568 g/mol. The third-order valence-corrected chi connectivity index (χ3v) is 7.58. The molecule has 3 aromatic carbocycles. The molecule has 0 radical (unpaired) electrons. The molecule has 11 heteroatoms. The maximum atomic E-state index is 13.7. The van der Waals surface area contributed by atoms with Crippen molar-refractivity contribution in [3.05, 3.63) is 103 Å². The summed E-state index contributed by atoms with van der Waals surface area (Å²) in [5.74, 6) is 1.53. The molecule has 0 saturated carbocycles. The number of nitrogens with one attached hydrogen (secondary N) is 3. The number of benzene rings is 3. The third-order valence-electron chi connectivity index (χ3n) is 7.58. The van der Waals surface area contributed by atoms with Gasteiger partial charge >= 0.3 is 6.03 Å². The van der Waals surface area contributed by atoms with E-state index in [0.717, 1.165) is 43.1 Å². The fourth-order valence-corrected chi connectivity index (χ4v) is 5.08. The van der Waals surface area contributed by atoms with Crippen LogP contribution < -0.4 is 30.5 Å². The van der Waals surface area contributed by atoms with Crippen molar-refractivity contribution in [2.75, 3.05) is 67.3 Å². The van der Waals surface area contributed by atoms with Gasteiger partial charge in [-0.05, 0) is 55.4 Å². The van der Waals surface area contributed by atoms with Crippen LogP contribution in [0.2, 0.25) is 0 Å². The number of carbonyl (C=O) groups excluding carboxylic acids is 1. The Morgan fingerprint density at radius 1 is 1.04 bits per heavy atom. The van der Waals surface area contributed by atoms with Gasteiger partial charge in [0.25, 0.3) is 0 Å². The maximum absolute atomic E-state index is 13.7. The van der Waals surface area contributed by atoms with Gasteiger partial charge in [0.2, 0.25) is 0 Å². The summed E-state index contributed by atoms with van der Waals surface area (Å²) in [5.41, 5.74) is 4.12. The maximum Gasteiger partial charge on any atom is 0.327 e. The highest BCUT2D eigenvalue weighted by molar-refractivity contribution is 5.99. The number of anilines is 6. The van der Waals surface area contributed by atoms with Crippen LogP contribution in [0.5, 0.6) is 5.75 Å². The Kier molecular flexibility index (Phi) is 10.5. The van der Waals surface area contributed by atoms with Gasteiger partial charge in [-0.2, -0.15) is 0 Å². The number of piperazine rings is 1. The fourth-order valence-electron chi connectivity index (χ4n) is 5.08. The summed E-state index contributed by atoms with van der Waals surface area (Å²) in [6.07, 6.45) is 2.53. The molecule has 0 bridgehead atoms. The molecule has 4 aromatic rings. The van der Waals surface area contributed by atoms with E-state index in [1.165, 1.54) is 17.3 Å². The second-order valence-electron chi connectivity index (χ2n) is 10.7. The zero-order valence-electron chi connectivity index (χ0n) is 25.7. The Balaban J connectivity index is 1.39. The van der Waals surface area contributed by atoms with E-state index in [1.807, 2.05) is 42.5 Å². The lowest BCUT2D eigenvalue weighted by Gasteiger charge is -2.34. The lowest BCUT2D eigenvalue weighted by atomic mass is 10.1. The number of likely N-dealkylation sites (N-methyl/N-ethyl adjacent to an activating group) is 1. The highest BCUT2D eigenvalue weighted by atomic mass is 16.5. The van der Waals surface area contributed by atoms with Crippen molar-refractivity contribution in [2.24, 2.45) is 0 Å². The van der Waals surface area contributed by atoms with Crippen LogP contribution in [-0.2, 0) is 6.42 Å². The minimum Gasteiger partial charge on any atom is -0.494 e. The Morgan fingerprint density at radius 2 is 1.84 bits per heavy atom. The second-order valence-corrected chi connectivity index (χ2v) is 10.7. The van der Waals surface area contributed by atoms with Gasteiger partial charge in [0.05, 0.1) is 18.5 Å². The third kappa shape index (κ3) is 8.28. The first-order valence-electron chi connectivity index (χ1n) is 14.9. The first kappa shape index (κ1) is 31.3. The Hall–Kier alpha value is -5.13. The van der Waals surface area contributed by atoms with Gasteiger partial charge in [0.1, 0.15) is 29.9 Å². The smallest absolute Gasteiger partial charge is 0.327 e. The molecular formula is C34H40N8O3. The van der Waals surface area contributed by atoms with Crippen molar-refractivity contribution in [3.8, 4) is 5.75 Å². The van der Waals surface area contributed by atoms with Gasteiger partial charge in [-0.3, -0.25) is 0 Å². The first-order valence-corrected chi connectivity index (χ1v) is 14.9. The number of urea groups is 1. The quantitative estimate of drug-likeness (QED) is 0.130. The summed E-state index contributed by atoms with van der Waals surface area (Å²) >= 11 is 0. The molecule has 1 atom stereocenters. The van der Waals surface area contributed by atoms with Crippen LogP contribution in [0, 0.1) is 0 Å². The van der Waals surface area contributed by atoms with Gasteiger partial charge in [0, 0.05) is 56.2 Å². The average Bonchev–Trinajstić information content (AvgIpc) is 3.06. The van der Waals surface area contributed by atoms with Crippen LogP contribution in [0.4, 0.5) is 39.2 Å². The number of amides is 2. The molecule has 4 N–H and O–H groups in total. The molecule has 1 fully saturated rings. The van der Waals surface area contributed by atoms with Crippen LogP contribution in [0.3, 0.4) is 0 Å². The van der Waals surface area contributed by atoms with Crippen molar-refractivity contribution in [1.82, 2.24) is 20.2 Å². The number of methoxy groups -OCH3 is 1. The number of ether oxygens (including phenoxy) is 1. The normalized spacial score (nSPS) is 13.9. The SMILES string of the molecule is C=CC(O)Nc1cccc(N(C(=O)NCCc2ccccc2)c2cc(Nc3ccc(N4CCN(C)CC4)cc3OC)ncn2)c1. The van der Waals surface area contributed by atoms with E-state index in [9.17, 15) is 9.90 Å². The highest BCUT2D eigenvalue weighted by Crippen LogP contribution is 2.33. The van der Waals surface area contributed by atoms with Crippen LogP contribution in [0.25, 0.3) is 0 Å². The molecule has 0 aliphatic carbocycles. The van der Waals surface area contributed by atoms with E-state index in [1.54, 1.807) is 37.4 Å². The topological polar surface area (TPSA) is 118 Å². The summed E-state index contributed by atoms with van der Waals surface area (Å²) in [5, 5.41) is 19.3. The fraction of sp³-hybridized carbons (Fsp3) is 0.265. The van der Waals surface area contributed by atoms with Crippen LogP contribution in [0.15, 0.2) is 97.8 Å². The van der Waals surface area contributed by atoms with E-state index < -0.39 is 6.23 Å². The number of carbonyl (C=O) groups is 1. The molecule has 1 aromatic heterocycles. The largest absolute Gasteiger partial charge is 0.494 e. The summed E-state index contributed by atoms with van der Waals surface area (Å²) in [4.78, 5) is 28.8.